The summed E-state index contributed by atoms with van der Waals surface area (Å²) in [5.74, 6) is -0.866. The van der Waals surface area contributed by atoms with Crippen molar-refractivity contribution in [2.75, 3.05) is 12.4 Å². The first-order chi connectivity index (χ1) is 15.9. The van der Waals surface area contributed by atoms with Crippen LogP contribution in [0.4, 0.5) is 5.69 Å². The van der Waals surface area contributed by atoms with Crippen LogP contribution in [-0.4, -0.2) is 25.1 Å². The molecule has 0 heterocycles. The zero-order chi connectivity index (χ0) is 23.8. The van der Waals surface area contributed by atoms with Gasteiger partial charge < -0.3 is 14.8 Å². The van der Waals surface area contributed by atoms with Crippen molar-refractivity contribution in [3.63, 3.8) is 0 Å². The van der Waals surface area contributed by atoms with E-state index in [1.807, 2.05) is 0 Å². The highest BCUT2D eigenvalue weighted by Gasteiger charge is 2.13. The van der Waals surface area contributed by atoms with E-state index < -0.39 is 11.8 Å². The van der Waals surface area contributed by atoms with Crippen molar-refractivity contribution in [3.8, 4) is 11.5 Å². The van der Waals surface area contributed by atoms with E-state index in [9.17, 15) is 9.59 Å². The number of amides is 2. The largest absolute Gasteiger partial charge is 0.493 e. The van der Waals surface area contributed by atoms with Crippen molar-refractivity contribution in [1.29, 1.82) is 0 Å². The molecule has 0 spiro atoms. The molecule has 0 aliphatic rings. The van der Waals surface area contributed by atoms with Crippen LogP contribution in [0.2, 0.25) is 15.1 Å². The van der Waals surface area contributed by atoms with Gasteiger partial charge in [0, 0.05) is 26.3 Å². The monoisotopic (exact) mass is 505 g/mol. The summed E-state index contributed by atoms with van der Waals surface area (Å²) in [6.45, 7) is 0.220. The average molecular weight is 507 g/mol. The predicted octanol–water partition coefficient (Wildman–Crippen LogP) is 5.32. The fourth-order valence-electron chi connectivity index (χ4n) is 2.65. The minimum atomic E-state index is -0.932. The standard InChI is InChI=1S/C23H18Cl3N3O4/c1-32-21-9-14(5-8-20(21)33-13-15-6-7-17(25)11-19(15)26)12-27-29-23(31)22(30)28-18-4-2-3-16(24)10-18/h2-12H,13H2,1H3,(H,28,30)(H,29,31)/b27-12+. The number of hydrogen-bond acceptors (Lipinski definition) is 5. The van der Waals surface area contributed by atoms with Gasteiger partial charge in [-0.15, -0.1) is 0 Å². The molecule has 3 rings (SSSR count). The Morgan fingerprint density at radius 3 is 2.45 bits per heavy atom. The molecular weight excluding hydrogens is 489 g/mol. The fourth-order valence-corrected chi connectivity index (χ4v) is 3.30. The Labute approximate surface area is 205 Å². The number of nitrogens with one attached hydrogen (secondary N) is 2. The molecule has 0 atom stereocenters. The molecule has 2 N–H and O–H groups in total. The molecule has 2 amide bonds. The summed E-state index contributed by atoms with van der Waals surface area (Å²) < 4.78 is 11.2. The molecule has 0 unspecified atom stereocenters. The van der Waals surface area contributed by atoms with Crippen molar-refractivity contribution in [3.05, 3.63) is 86.9 Å². The van der Waals surface area contributed by atoms with Gasteiger partial charge in [0.05, 0.1) is 13.3 Å². The first-order valence-electron chi connectivity index (χ1n) is 9.50. The van der Waals surface area contributed by atoms with Crippen LogP contribution in [0.15, 0.2) is 65.8 Å². The third kappa shape index (κ3) is 7.12. The lowest BCUT2D eigenvalue weighted by Crippen LogP contribution is -2.32. The summed E-state index contributed by atoms with van der Waals surface area (Å²) in [6, 6.07) is 16.7. The van der Waals surface area contributed by atoms with Crippen LogP contribution in [0.5, 0.6) is 11.5 Å². The van der Waals surface area contributed by atoms with Crippen LogP contribution < -0.4 is 20.2 Å². The normalized spacial score (nSPS) is 10.7. The summed E-state index contributed by atoms with van der Waals surface area (Å²) in [6.07, 6.45) is 1.37. The fraction of sp³-hybridized carbons (Fsp3) is 0.0870. The Bertz CT molecular complexity index is 1200. The number of ether oxygens (including phenoxy) is 2. The van der Waals surface area contributed by atoms with Crippen molar-refractivity contribution in [2.24, 2.45) is 5.10 Å². The molecule has 3 aromatic rings. The highest BCUT2D eigenvalue weighted by atomic mass is 35.5. The molecule has 3 aromatic carbocycles. The molecule has 0 aliphatic heterocycles. The Morgan fingerprint density at radius 1 is 0.939 bits per heavy atom. The molecule has 33 heavy (non-hydrogen) atoms. The van der Waals surface area contributed by atoms with E-state index >= 15 is 0 Å². The third-order valence-electron chi connectivity index (χ3n) is 4.25. The van der Waals surface area contributed by atoms with Gasteiger partial charge in [0.15, 0.2) is 11.5 Å². The van der Waals surface area contributed by atoms with Crippen LogP contribution in [0.25, 0.3) is 0 Å². The summed E-state index contributed by atoms with van der Waals surface area (Å²) >= 11 is 17.9. The maximum atomic E-state index is 11.9. The van der Waals surface area contributed by atoms with Crippen molar-refractivity contribution in [2.45, 2.75) is 6.61 Å². The number of methoxy groups -OCH3 is 1. The SMILES string of the molecule is COc1cc(/C=N/NC(=O)C(=O)Nc2cccc(Cl)c2)ccc1OCc1ccc(Cl)cc1Cl. The van der Waals surface area contributed by atoms with Crippen LogP contribution in [0.1, 0.15) is 11.1 Å². The number of nitrogens with zero attached hydrogens (tertiary/aromatic N) is 1. The molecule has 0 fully saturated rings. The van der Waals surface area contributed by atoms with Gasteiger partial charge in [-0.25, -0.2) is 5.43 Å². The number of carbonyl (C=O) groups excluding carboxylic acids is 2. The van der Waals surface area contributed by atoms with Gasteiger partial charge in [0.25, 0.3) is 0 Å². The van der Waals surface area contributed by atoms with Crippen LogP contribution >= 0.6 is 34.8 Å². The van der Waals surface area contributed by atoms with Gasteiger partial charge in [0.2, 0.25) is 0 Å². The smallest absolute Gasteiger partial charge is 0.329 e. The maximum Gasteiger partial charge on any atom is 0.329 e. The number of benzene rings is 3. The third-order valence-corrected chi connectivity index (χ3v) is 5.08. The van der Waals surface area contributed by atoms with Crippen LogP contribution in [-0.2, 0) is 16.2 Å². The molecule has 0 radical (unpaired) electrons. The molecule has 0 bridgehead atoms. The second kappa shape index (κ2) is 11.6. The minimum Gasteiger partial charge on any atom is -0.493 e. The van der Waals surface area contributed by atoms with Gasteiger partial charge in [-0.2, -0.15) is 5.10 Å². The highest BCUT2D eigenvalue weighted by Crippen LogP contribution is 2.29. The topological polar surface area (TPSA) is 89.0 Å². The number of hydrazone groups is 1. The molecule has 0 saturated heterocycles. The Morgan fingerprint density at radius 2 is 1.73 bits per heavy atom. The predicted molar refractivity (Wildman–Crippen MR) is 130 cm³/mol. The van der Waals surface area contributed by atoms with E-state index in [1.165, 1.54) is 19.4 Å². The van der Waals surface area contributed by atoms with Crippen molar-refractivity contribution >= 4 is 58.5 Å². The molecule has 170 valence electrons. The minimum absolute atomic E-state index is 0.220. The number of hydrogen-bond donors (Lipinski definition) is 2. The van der Waals surface area contributed by atoms with E-state index in [0.29, 0.717) is 37.8 Å². The Balaban J connectivity index is 1.58. The van der Waals surface area contributed by atoms with Crippen LogP contribution in [0, 0.1) is 0 Å². The molecule has 0 aliphatic carbocycles. The lowest BCUT2D eigenvalue weighted by atomic mass is 10.2. The highest BCUT2D eigenvalue weighted by molar-refractivity contribution is 6.40. The van der Waals surface area contributed by atoms with Gasteiger partial charge in [-0.1, -0.05) is 46.9 Å². The van der Waals surface area contributed by atoms with Gasteiger partial charge in [-0.3, -0.25) is 9.59 Å². The van der Waals surface area contributed by atoms with E-state index in [1.54, 1.807) is 54.6 Å². The molecule has 10 heteroatoms. The van der Waals surface area contributed by atoms with Gasteiger partial charge in [-0.05, 0) is 54.1 Å². The van der Waals surface area contributed by atoms with Crippen molar-refractivity contribution < 1.29 is 19.1 Å². The Hall–Kier alpha value is -3.26. The van der Waals surface area contributed by atoms with E-state index in [4.69, 9.17) is 44.3 Å². The first-order valence-corrected chi connectivity index (χ1v) is 10.6. The average Bonchev–Trinajstić information content (AvgIpc) is 2.78. The number of carbonyl (C=O) groups is 2. The van der Waals surface area contributed by atoms with E-state index in [2.05, 4.69) is 15.8 Å². The van der Waals surface area contributed by atoms with Crippen molar-refractivity contribution in [1.82, 2.24) is 5.43 Å². The molecule has 7 nitrogen and oxygen atoms in total. The molecule has 0 saturated carbocycles. The van der Waals surface area contributed by atoms with E-state index in [0.717, 1.165) is 5.56 Å². The number of anilines is 1. The molecule has 0 aromatic heterocycles. The summed E-state index contributed by atoms with van der Waals surface area (Å²) in [5, 5.41) is 7.71. The first kappa shape index (κ1) is 24.4. The quantitative estimate of drug-likeness (QED) is 0.258. The van der Waals surface area contributed by atoms with Gasteiger partial charge in [0.1, 0.15) is 6.61 Å². The maximum absolute atomic E-state index is 11.9. The van der Waals surface area contributed by atoms with E-state index in [-0.39, 0.29) is 6.61 Å². The number of halogens is 3. The Kier molecular flexibility index (Phi) is 8.54. The van der Waals surface area contributed by atoms with Gasteiger partial charge >= 0.3 is 11.8 Å². The summed E-state index contributed by atoms with van der Waals surface area (Å²) in [5.41, 5.74) is 3.94. The number of rotatable bonds is 7. The second-order valence-corrected chi connectivity index (χ2v) is 7.88. The van der Waals surface area contributed by atoms with Crippen LogP contribution in [0.3, 0.4) is 0 Å². The lowest BCUT2D eigenvalue weighted by Gasteiger charge is -2.12. The summed E-state index contributed by atoms with van der Waals surface area (Å²) in [4.78, 5) is 23.9. The zero-order valence-electron chi connectivity index (χ0n) is 17.3. The zero-order valence-corrected chi connectivity index (χ0v) is 19.5. The second-order valence-electron chi connectivity index (χ2n) is 6.60. The molecular formula is C23H18Cl3N3O4. The summed E-state index contributed by atoms with van der Waals surface area (Å²) in [7, 11) is 1.50. The lowest BCUT2D eigenvalue weighted by molar-refractivity contribution is -0.136.